The second-order valence-electron chi connectivity index (χ2n) is 29.5. The SMILES string of the molecule is CC(/C=C/C(=O)NO)=C\[C@@H](C)C(=O)c1ccc(N(C)C)cc1.CN(C)c1ccc(C(=O)NCCCCCCC(=O)NO)cc1.O=C(/C=C/c1ccc(CN(CCO)CCC2=c3ccccc3=NC2)cc1)NO.O=C(/C=C/c1cccc(S(=O)(=O)Cc2ccccc2)c1)NO.O=C(/C=C/c1cccc(S(=O)NO)c1)NO.O=C(CCCCCCC(=O)NO)Cc1ccccc1. The van der Waals surface area contributed by atoms with Crippen LogP contribution in [0.2, 0.25) is 0 Å². The number of aliphatic hydroxyl groups excluding tert-OH is 1. The maximum absolute atomic E-state index is 12.4. The average Bonchev–Trinajstić information content (AvgIpc) is 1.45. The van der Waals surface area contributed by atoms with Gasteiger partial charge in [0.05, 0.1) is 34.1 Å². The minimum absolute atomic E-state index is 0.0182. The number of hydroxylamine groups is 6. The Morgan fingerprint density at radius 3 is 1.50 bits per heavy atom. The molecule has 1 unspecified atom stereocenters. The second-order valence-corrected chi connectivity index (χ2v) is 32.6. The van der Waals surface area contributed by atoms with Crippen molar-refractivity contribution in [1.29, 1.82) is 0 Å². The number of hydrogen-bond acceptors (Lipinski definition) is 24. The van der Waals surface area contributed by atoms with Crippen LogP contribution in [-0.4, -0.2) is 173 Å². The molecule has 32 nitrogen and oxygen atoms in total. The summed E-state index contributed by atoms with van der Waals surface area (Å²) < 4.78 is 36.0. The number of para-hydroxylation sites is 1. The zero-order valence-electron chi connectivity index (χ0n) is 73.1. The fraction of sp³-hybridized carbons (Fsp3) is 0.284. The number of anilines is 2. The lowest BCUT2D eigenvalue weighted by Gasteiger charge is -2.21. The number of fused-ring (bicyclic) bond motifs is 1. The van der Waals surface area contributed by atoms with E-state index in [1.807, 2.05) is 172 Å². The van der Waals surface area contributed by atoms with Crippen molar-refractivity contribution in [3.63, 3.8) is 0 Å². The topological polar surface area (TPSA) is 485 Å². The number of nitrogens with zero attached hydrogens (tertiary/aromatic N) is 4. The molecule has 1 aliphatic heterocycles. The lowest BCUT2D eigenvalue weighted by atomic mass is 9.97. The van der Waals surface area contributed by atoms with Gasteiger partial charge < -0.3 is 25.4 Å². The lowest BCUT2D eigenvalue weighted by molar-refractivity contribution is -0.130. The highest BCUT2D eigenvalue weighted by Gasteiger charge is 2.18. The number of sulfone groups is 1. The highest BCUT2D eigenvalue weighted by atomic mass is 32.2. The maximum atomic E-state index is 12.4. The molecule has 0 aromatic heterocycles. The van der Waals surface area contributed by atoms with E-state index in [1.165, 1.54) is 69.7 Å². The molecular weight excluding hydrogens is 1690 g/mol. The summed E-state index contributed by atoms with van der Waals surface area (Å²) in [5, 5.41) is 73.3. The fourth-order valence-electron chi connectivity index (χ4n) is 12.1. The number of nitrogens with one attached hydrogen (secondary N) is 8. The first-order valence-electron chi connectivity index (χ1n) is 41.3. The third-order valence-corrected chi connectivity index (χ3v) is 21.5. The van der Waals surface area contributed by atoms with Gasteiger partial charge in [-0.15, -0.1) is 4.89 Å². The van der Waals surface area contributed by atoms with Crippen LogP contribution >= 0.6 is 0 Å². The van der Waals surface area contributed by atoms with Crippen molar-refractivity contribution in [2.75, 3.05) is 70.8 Å². The van der Waals surface area contributed by atoms with E-state index in [4.69, 9.17) is 36.5 Å². The molecule has 34 heteroatoms. The summed E-state index contributed by atoms with van der Waals surface area (Å²) in [5.74, 6) is -3.38. The quantitative estimate of drug-likeness (QED) is 0.00422. The number of aliphatic hydroxyl groups is 1. The van der Waals surface area contributed by atoms with Crippen molar-refractivity contribution in [2.45, 2.75) is 119 Å². The van der Waals surface area contributed by atoms with Crippen LogP contribution in [0.5, 0.6) is 0 Å². The number of rotatable bonds is 42. The molecule has 7 amide bonds. The van der Waals surface area contributed by atoms with Gasteiger partial charge >= 0.3 is 0 Å². The fourth-order valence-corrected chi connectivity index (χ4v) is 14.1. The normalized spacial score (nSPS) is 11.8. The number of hydrogen-bond donors (Lipinski definition) is 16. The second kappa shape index (κ2) is 62.3. The predicted octanol–water partition coefficient (Wildman–Crippen LogP) is 10.4. The molecule has 1 aliphatic rings. The molecule has 8 aromatic rings. The Bertz CT molecular complexity index is 5270. The Labute approximate surface area is 754 Å². The molecule has 0 spiro atoms. The van der Waals surface area contributed by atoms with Crippen LogP contribution in [0.4, 0.5) is 11.4 Å². The summed E-state index contributed by atoms with van der Waals surface area (Å²) >= 11 is 0. The summed E-state index contributed by atoms with van der Waals surface area (Å²) in [6.07, 6.45) is 22.2. The molecule has 9 rings (SSSR count). The minimum atomic E-state index is -3.46. The van der Waals surface area contributed by atoms with Gasteiger partial charge in [-0.3, -0.25) is 84.3 Å². The van der Waals surface area contributed by atoms with Gasteiger partial charge in [-0.2, -0.15) is 0 Å². The summed E-state index contributed by atoms with van der Waals surface area (Å²) in [7, 11) is 2.65. The van der Waals surface area contributed by atoms with E-state index in [2.05, 4.69) is 21.3 Å². The van der Waals surface area contributed by atoms with Crippen LogP contribution in [0.15, 0.2) is 263 Å². The van der Waals surface area contributed by atoms with E-state index in [9.17, 15) is 60.9 Å². The van der Waals surface area contributed by atoms with Crippen LogP contribution in [0.3, 0.4) is 0 Å². The molecule has 0 aliphatic carbocycles. The van der Waals surface area contributed by atoms with Gasteiger partial charge in [0.15, 0.2) is 15.6 Å². The molecule has 0 saturated carbocycles. The zero-order chi connectivity index (χ0) is 94.7. The highest BCUT2D eigenvalue weighted by molar-refractivity contribution is 7.90. The minimum Gasteiger partial charge on any atom is -0.395 e. The Kier molecular flexibility index (Phi) is 52.3. The van der Waals surface area contributed by atoms with E-state index < -0.39 is 44.5 Å². The molecule has 8 aromatic carbocycles. The van der Waals surface area contributed by atoms with Crippen LogP contribution in [0.25, 0.3) is 23.8 Å². The summed E-state index contributed by atoms with van der Waals surface area (Å²) in [5.41, 5.74) is 19.7. The summed E-state index contributed by atoms with van der Waals surface area (Å²) in [4.78, 5) is 114. The van der Waals surface area contributed by atoms with Gasteiger partial charge in [-0.25, -0.2) is 45.5 Å². The lowest BCUT2D eigenvalue weighted by Crippen LogP contribution is -2.29. The number of carbonyl (C=O) groups is 9. The Hall–Kier alpha value is -12.9. The van der Waals surface area contributed by atoms with E-state index in [0.717, 1.165) is 129 Å². The summed E-state index contributed by atoms with van der Waals surface area (Å²) in [6.45, 7) is 7.32. The van der Waals surface area contributed by atoms with E-state index in [0.29, 0.717) is 71.5 Å². The number of ketones is 2. The highest BCUT2D eigenvalue weighted by Crippen LogP contribution is 2.22. The van der Waals surface area contributed by atoms with Crippen molar-refractivity contribution < 1.29 is 97.3 Å². The molecule has 0 fully saturated rings. The number of Topliss-reactive ketones (excluding diaryl/α,β-unsaturated/α-hetero) is 2. The van der Waals surface area contributed by atoms with Crippen LogP contribution in [0, 0.1) is 5.92 Å². The molecular formula is C95H118N12O20S2. The number of carbonyl (C=O) groups excluding carboxylic acids is 9. The Balaban J connectivity index is 0.000000327. The largest absolute Gasteiger partial charge is 0.395 e. The van der Waals surface area contributed by atoms with Crippen molar-refractivity contribution in [3.05, 3.63) is 303 Å². The number of unbranched alkanes of at least 4 members (excludes halogenated alkanes) is 6. The third-order valence-electron chi connectivity index (χ3n) is 19.0. The number of benzene rings is 8. The number of allylic oxidation sites excluding steroid dienone is 3. The van der Waals surface area contributed by atoms with E-state index >= 15 is 0 Å². The van der Waals surface area contributed by atoms with Crippen LogP contribution < -0.4 is 63.5 Å². The van der Waals surface area contributed by atoms with Crippen LogP contribution in [-0.2, 0) is 73.1 Å². The first-order chi connectivity index (χ1) is 62.0. The maximum Gasteiger partial charge on any atom is 0.267 e. The molecule has 2 atom stereocenters. The molecule has 16 N–H and O–H groups in total. The zero-order valence-corrected chi connectivity index (χ0v) is 74.8. The van der Waals surface area contributed by atoms with Gasteiger partial charge in [0.2, 0.25) is 11.8 Å². The first kappa shape index (κ1) is 108. The molecule has 690 valence electrons. The van der Waals surface area contributed by atoms with Crippen molar-refractivity contribution in [1.82, 2.24) is 48.0 Å². The van der Waals surface area contributed by atoms with E-state index in [-0.39, 0.29) is 52.5 Å². The molecule has 129 heavy (non-hydrogen) atoms. The number of amides is 7. The van der Waals surface area contributed by atoms with Gasteiger partial charge in [0.1, 0.15) is 16.8 Å². The molecule has 1 heterocycles. The van der Waals surface area contributed by atoms with Gasteiger partial charge in [-0.1, -0.05) is 178 Å². The molecule has 0 bridgehead atoms. The molecule has 0 saturated heterocycles. The molecule has 0 radical (unpaired) electrons. The average molecular weight is 1810 g/mol. The van der Waals surface area contributed by atoms with Crippen molar-refractivity contribution in [2.24, 2.45) is 10.9 Å². The van der Waals surface area contributed by atoms with Crippen molar-refractivity contribution in [3.8, 4) is 0 Å². The predicted molar refractivity (Wildman–Crippen MR) is 493 cm³/mol. The standard InChI is InChI=1S/C22H25N3O3.C17H22N2O3.C16H25N3O3.C16H15NO4S.C15H21NO3.C9H10N2O4S/c26-14-13-25(12-11-19-15-23-21-4-2-1-3-20(19)21)16-18-7-5-17(6-8-18)9-10-22(27)24-28;1-12(5-10-16(20)18-22)11-13(2)17(21)14-6-8-15(9-7-14)19(3)4;1-19(2)14-10-8-13(9-11-14)16(21)17-12-6-4-3-5-7-15(20)18-22;18-16(17-19)10-9-13-7-4-8-15(11-13)22(20,21)12-14-5-2-1-3-6-14;17-14(12-13-8-4-3-5-9-13)10-6-1-2-7-11-15(18)16-19;12-9(10-13)5-4-7-2-1-3-8(6-7)16(15)11-14/h1-10,26,28H,11-16H2,(H,24,27);5-11,13,22H,1-4H3,(H,18,20);8-11,22H,3-7,12H2,1-2H3,(H,17,21)(H,18,20);1-11,19H,12H2,(H,17,18);3-5,8-9,19H,1-2,6-7,10-12H2,(H,16,18);1-6,11,13-14H,(H,10,12)/b10-9+;10-5+,12-11+;;10-9+;;5-4+/t;13-;;;;/m.1..../s1. The Morgan fingerprint density at radius 2 is 0.977 bits per heavy atom. The van der Waals surface area contributed by atoms with Gasteiger partial charge in [0.25, 0.3) is 29.5 Å². The van der Waals surface area contributed by atoms with Gasteiger partial charge in [0, 0.05) is 138 Å². The summed E-state index contributed by atoms with van der Waals surface area (Å²) in [6, 6.07) is 62.3. The third kappa shape index (κ3) is 44.9. The van der Waals surface area contributed by atoms with Crippen molar-refractivity contribution >= 4 is 109 Å². The first-order valence-corrected chi connectivity index (χ1v) is 44.1. The van der Waals surface area contributed by atoms with E-state index in [1.54, 1.807) is 101 Å². The monoisotopic (exact) mass is 1810 g/mol. The van der Waals surface area contributed by atoms with Crippen LogP contribution in [0.1, 0.15) is 145 Å². The Morgan fingerprint density at radius 1 is 0.488 bits per heavy atom. The van der Waals surface area contributed by atoms with Gasteiger partial charge in [-0.05, 0) is 175 Å². The smallest absolute Gasteiger partial charge is 0.267 e.